The minimum absolute atomic E-state index is 0.156. The predicted molar refractivity (Wildman–Crippen MR) is 75.2 cm³/mol. The fourth-order valence-corrected chi connectivity index (χ4v) is 3.22. The average molecular weight is 332 g/mol. The summed E-state index contributed by atoms with van der Waals surface area (Å²) in [6.45, 7) is 4.32. The minimum Gasteiger partial charge on any atom is -0.390 e. The average Bonchev–Trinajstić information content (AvgIpc) is 2.40. The fourth-order valence-electron chi connectivity index (χ4n) is 1.02. The van der Waals surface area contributed by atoms with E-state index in [9.17, 15) is 23.8 Å². The summed E-state index contributed by atoms with van der Waals surface area (Å²) >= 11 is 0.295. The first-order valence-electron chi connectivity index (χ1n) is 5.82. The Kier molecular flexibility index (Phi) is 8.86. The number of hydrogen-bond acceptors (Lipinski definition) is 9. The van der Waals surface area contributed by atoms with Crippen LogP contribution in [-0.2, 0) is 18.8 Å². The lowest BCUT2D eigenvalue weighted by Crippen LogP contribution is -2.42. The smallest absolute Gasteiger partial charge is 0.235 e. The summed E-state index contributed by atoms with van der Waals surface area (Å²) in [4.78, 5) is 28.1. The molecule has 20 heavy (non-hydrogen) atoms. The summed E-state index contributed by atoms with van der Waals surface area (Å²) in [5, 5.41) is 18.5. The van der Waals surface area contributed by atoms with Crippen LogP contribution >= 0.6 is 22.6 Å². The number of aliphatic hydroxyl groups excluding tert-OH is 2. The Morgan fingerprint density at radius 2 is 1.75 bits per heavy atom. The van der Waals surface area contributed by atoms with Crippen molar-refractivity contribution in [3.63, 3.8) is 0 Å². The van der Waals surface area contributed by atoms with Crippen LogP contribution in [0.1, 0.15) is 20.8 Å². The van der Waals surface area contributed by atoms with Crippen molar-refractivity contribution in [2.24, 2.45) is 0 Å². The quantitative estimate of drug-likeness (QED) is 0.149. The molecule has 0 rings (SSSR count). The van der Waals surface area contributed by atoms with Crippen molar-refractivity contribution in [2.45, 2.75) is 37.6 Å². The van der Waals surface area contributed by atoms with E-state index in [2.05, 4.69) is 9.22 Å². The first-order chi connectivity index (χ1) is 9.18. The second kappa shape index (κ2) is 8.95. The summed E-state index contributed by atoms with van der Waals surface area (Å²) in [6.07, 6.45) is -3.38. The molecule has 0 bridgehead atoms. The Balaban J connectivity index is 5.02. The lowest BCUT2D eigenvalue weighted by Gasteiger charge is -2.36. The first kappa shape index (κ1) is 19.8. The third-order valence-electron chi connectivity index (χ3n) is 2.24. The zero-order chi connectivity index (χ0) is 15.9. The highest BCUT2D eigenvalue weighted by Gasteiger charge is 2.40. The molecular formula is C10H20O8S2. The Morgan fingerprint density at radius 1 is 1.20 bits per heavy atom. The van der Waals surface area contributed by atoms with Crippen LogP contribution in [0.15, 0.2) is 0 Å². The predicted octanol–water partition coefficient (Wildman–Crippen LogP) is 0.579. The number of hydrogen-bond donors (Lipinski definition) is 4. The molecule has 0 aliphatic carbocycles. The van der Waals surface area contributed by atoms with Crippen LogP contribution in [-0.4, -0.2) is 60.0 Å². The van der Waals surface area contributed by atoms with Crippen molar-refractivity contribution in [3.05, 3.63) is 0 Å². The van der Waals surface area contributed by atoms with E-state index in [4.69, 9.17) is 5.11 Å². The number of Topliss-reactive ketones (excluding diaryl/α,β-unsaturated/α-hetero) is 2. The molecule has 0 saturated carbocycles. The molecule has 0 aromatic rings. The van der Waals surface area contributed by atoms with E-state index in [1.54, 1.807) is 6.92 Å². The third-order valence-corrected chi connectivity index (χ3v) is 5.72. The Hall–Kier alpha value is -0.200. The molecule has 4 N–H and O–H groups in total. The zero-order valence-corrected chi connectivity index (χ0v) is 13.0. The molecule has 10 heteroatoms. The first-order valence-corrected chi connectivity index (χ1v) is 8.41. The van der Waals surface area contributed by atoms with Gasteiger partial charge in [-0.05, 0) is 20.8 Å². The number of rotatable bonds is 10. The van der Waals surface area contributed by atoms with Crippen LogP contribution in [0.4, 0.5) is 0 Å². The van der Waals surface area contributed by atoms with Gasteiger partial charge in [-0.15, -0.1) is 0 Å². The van der Waals surface area contributed by atoms with Gasteiger partial charge in [0.1, 0.15) is 6.10 Å². The van der Waals surface area contributed by atoms with Gasteiger partial charge in [-0.1, -0.05) is 0 Å². The monoisotopic (exact) mass is 332 g/mol. The second-order valence-electron chi connectivity index (χ2n) is 3.82. The van der Waals surface area contributed by atoms with Crippen LogP contribution in [0.2, 0.25) is 0 Å². The lowest BCUT2D eigenvalue weighted by atomic mass is 10.1. The van der Waals surface area contributed by atoms with E-state index in [0.717, 1.165) is 6.92 Å². The molecule has 1 unspecified atom stereocenters. The van der Waals surface area contributed by atoms with Crippen LogP contribution in [0.25, 0.3) is 0 Å². The van der Waals surface area contributed by atoms with Crippen LogP contribution < -0.4 is 0 Å². The third kappa shape index (κ3) is 5.66. The van der Waals surface area contributed by atoms with Crippen molar-refractivity contribution in [3.8, 4) is 0 Å². The highest BCUT2D eigenvalue weighted by atomic mass is 32.3. The Labute approximate surface area is 122 Å². The van der Waals surface area contributed by atoms with Gasteiger partial charge < -0.3 is 10.2 Å². The molecule has 0 aromatic carbocycles. The molecule has 0 radical (unpaired) electrons. The SMILES string of the molecule is CCOOSC(C(=O)C(=O)[C@@H](O)[C@H](C)O)S(O)(O)CC. The topological polar surface area (TPSA) is 134 Å². The highest BCUT2D eigenvalue weighted by molar-refractivity contribution is 8.33. The molecule has 0 spiro atoms. The van der Waals surface area contributed by atoms with Gasteiger partial charge in [0.15, 0.2) is 4.58 Å². The normalized spacial score (nSPS) is 17.4. The van der Waals surface area contributed by atoms with E-state index >= 15 is 0 Å². The van der Waals surface area contributed by atoms with Crippen molar-refractivity contribution in [2.75, 3.05) is 12.4 Å². The van der Waals surface area contributed by atoms with Gasteiger partial charge in [0.2, 0.25) is 11.6 Å². The van der Waals surface area contributed by atoms with Crippen molar-refractivity contribution in [1.82, 2.24) is 0 Å². The largest absolute Gasteiger partial charge is 0.390 e. The highest BCUT2D eigenvalue weighted by Crippen LogP contribution is 2.49. The van der Waals surface area contributed by atoms with Crippen molar-refractivity contribution in [1.29, 1.82) is 0 Å². The number of aliphatic hydroxyl groups is 2. The van der Waals surface area contributed by atoms with Crippen molar-refractivity contribution >= 4 is 34.2 Å². The molecule has 0 aromatic heterocycles. The lowest BCUT2D eigenvalue weighted by molar-refractivity contribution is -0.186. The van der Waals surface area contributed by atoms with Crippen molar-refractivity contribution < 1.29 is 38.1 Å². The van der Waals surface area contributed by atoms with E-state index < -0.39 is 38.9 Å². The van der Waals surface area contributed by atoms with Gasteiger partial charge in [-0.2, -0.15) is 14.9 Å². The molecule has 0 aliphatic rings. The van der Waals surface area contributed by atoms with Crippen LogP contribution in [0.5, 0.6) is 0 Å². The summed E-state index contributed by atoms with van der Waals surface area (Å²) < 4.78 is 22.5. The molecule has 0 heterocycles. The number of ketones is 2. The van der Waals surface area contributed by atoms with Gasteiger partial charge in [-0.25, -0.2) is 4.89 Å². The van der Waals surface area contributed by atoms with Gasteiger partial charge >= 0.3 is 0 Å². The van der Waals surface area contributed by atoms with E-state index in [1.165, 1.54) is 6.92 Å². The Bertz CT molecular complexity index is 333. The number of carbonyl (C=O) groups is 2. The van der Waals surface area contributed by atoms with Gasteiger partial charge in [0.25, 0.3) is 0 Å². The molecule has 120 valence electrons. The Morgan fingerprint density at radius 3 is 2.15 bits per heavy atom. The minimum atomic E-state index is -3.45. The maximum atomic E-state index is 11.9. The zero-order valence-electron chi connectivity index (χ0n) is 11.4. The van der Waals surface area contributed by atoms with Gasteiger partial charge in [-0.3, -0.25) is 18.7 Å². The number of carbonyl (C=O) groups excluding carboxylic acids is 2. The van der Waals surface area contributed by atoms with Gasteiger partial charge in [0, 0.05) is 5.75 Å². The molecule has 0 saturated heterocycles. The summed E-state index contributed by atoms with van der Waals surface area (Å²) in [6, 6.07) is 0. The molecular weight excluding hydrogens is 312 g/mol. The molecule has 0 amide bonds. The maximum absolute atomic E-state index is 11.9. The van der Waals surface area contributed by atoms with Crippen LogP contribution in [0.3, 0.4) is 0 Å². The molecule has 0 fully saturated rings. The van der Waals surface area contributed by atoms with E-state index in [0.29, 0.717) is 12.0 Å². The molecule has 3 atom stereocenters. The summed E-state index contributed by atoms with van der Waals surface area (Å²) in [7, 11) is -3.45. The maximum Gasteiger partial charge on any atom is 0.235 e. The summed E-state index contributed by atoms with van der Waals surface area (Å²) in [5.74, 6) is -2.74. The molecule has 8 nitrogen and oxygen atoms in total. The van der Waals surface area contributed by atoms with Crippen LogP contribution in [0, 0.1) is 0 Å². The van der Waals surface area contributed by atoms with Gasteiger partial charge in [0.05, 0.1) is 24.8 Å². The van der Waals surface area contributed by atoms with E-state index in [1.807, 2.05) is 0 Å². The fraction of sp³-hybridized carbons (Fsp3) is 0.800. The second-order valence-corrected chi connectivity index (χ2v) is 7.40. The van der Waals surface area contributed by atoms with E-state index in [-0.39, 0.29) is 12.4 Å². The summed E-state index contributed by atoms with van der Waals surface area (Å²) in [5.41, 5.74) is 0. The molecule has 0 aliphatic heterocycles. The standard InChI is InChI=1S/C10H20O8S2/c1-4-17-18-19-10(20(15,16)5-2)9(14)8(13)7(12)6(3)11/h6-7,10-12,15-16H,4-5H2,1-3H3/t6-,7-,10?/m0/s1.